The SMILES string of the molecule is CCOC(=O)c1ccc(N(CCCSc2nc3ccccc3n2C(C(=O)O)C(C)(C)C)C(=O)C(c2ccccc2)C2CCCCC2)cc1. The topological polar surface area (TPSA) is 102 Å². The van der Waals surface area contributed by atoms with E-state index in [4.69, 9.17) is 9.72 Å². The molecule has 0 saturated heterocycles. The van der Waals surface area contributed by atoms with E-state index in [0.717, 1.165) is 48.0 Å². The summed E-state index contributed by atoms with van der Waals surface area (Å²) >= 11 is 1.52. The fourth-order valence-corrected chi connectivity index (χ4v) is 7.86. The molecule has 1 amide bonds. The highest BCUT2D eigenvalue weighted by Crippen LogP contribution is 2.40. The van der Waals surface area contributed by atoms with Gasteiger partial charge >= 0.3 is 11.9 Å². The summed E-state index contributed by atoms with van der Waals surface area (Å²) in [7, 11) is 0. The molecule has 254 valence electrons. The van der Waals surface area contributed by atoms with E-state index < -0.39 is 17.4 Å². The van der Waals surface area contributed by atoms with Crippen molar-refractivity contribution in [2.75, 3.05) is 23.8 Å². The molecule has 8 nitrogen and oxygen atoms in total. The molecule has 1 saturated carbocycles. The highest BCUT2D eigenvalue weighted by Gasteiger charge is 2.37. The van der Waals surface area contributed by atoms with Crippen LogP contribution in [0.25, 0.3) is 11.0 Å². The Morgan fingerprint density at radius 3 is 2.27 bits per heavy atom. The van der Waals surface area contributed by atoms with Gasteiger partial charge in [0.05, 0.1) is 29.1 Å². The lowest BCUT2D eigenvalue weighted by Gasteiger charge is -2.34. The zero-order valence-electron chi connectivity index (χ0n) is 28.4. The standard InChI is InChI=1S/C39H47N3O5S/c1-5-47-37(46)29-21-23-30(24-22-29)41(35(43)33(27-15-8-6-9-16-27)28-17-10-7-11-18-28)25-14-26-48-38-40-31-19-12-13-20-32(31)42(38)34(36(44)45)39(2,3)4/h6,8-9,12-13,15-16,19-24,28,33-34H,5,7,10-11,14,17-18,25-26H2,1-4H3,(H,44,45). The molecule has 3 aromatic carbocycles. The van der Waals surface area contributed by atoms with E-state index in [2.05, 4.69) is 12.1 Å². The van der Waals surface area contributed by atoms with Gasteiger partial charge in [0.2, 0.25) is 5.91 Å². The minimum Gasteiger partial charge on any atom is -0.480 e. The number of carbonyl (C=O) groups excluding carboxylic acids is 2. The monoisotopic (exact) mass is 669 g/mol. The van der Waals surface area contributed by atoms with Crippen LogP contribution in [0.1, 0.15) is 94.1 Å². The Hall–Kier alpha value is -4.11. The Balaban J connectivity index is 1.43. The number of nitrogens with zero attached hydrogens (tertiary/aromatic N) is 3. The second-order valence-corrected chi connectivity index (χ2v) is 14.7. The molecule has 0 aliphatic heterocycles. The number of aliphatic carboxylic acids is 1. The zero-order valence-corrected chi connectivity index (χ0v) is 29.2. The molecule has 2 unspecified atom stereocenters. The number of rotatable bonds is 13. The molecule has 48 heavy (non-hydrogen) atoms. The average molecular weight is 670 g/mol. The number of para-hydroxylation sites is 2. The number of amides is 1. The number of anilines is 1. The highest BCUT2D eigenvalue weighted by atomic mass is 32.2. The number of benzene rings is 3. The minimum atomic E-state index is -0.898. The van der Waals surface area contributed by atoms with Gasteiger partial charge in [-0.3, -0.25) is 4.79 Å². The van der Waals surface area contributed by atoms with Gasteiger partial charge < -0.3 is 19.3 Å². The summed E-state index contributed by atoms with van der Waals surface area (Å²) in [5.74, 6) is -0.603. The smallest absolute Gasteiger partial charge is 0.338 e. The number of carboxylic acids is 1. The van der Waals surface area contributed by atoms with E-state index in [1.807, 2.05) is 84.8 Å². The number of fused-ring (bicyclic) bond motifs is 1. The number of thioether (sulfide) groups is 1. The normalized spacial score (nSPS) is 15.2. The molecule has 1 heterocycles. The minimum absolute atomic E-state index is 0.0629. The molecule has 5 rings (SSSR count). The zero-order chi connectivity index (χ0) is 34.3. The van der Waals surface area contributed by atoms with Crippen molar-refractivity contribution in [2.45, 2.75) is 83.3 Å². The van der Waals surface area contributed by atoms with Gasteiger partial charge in [0.25, 0.3) is 0 Å². The van der Waals surface area contributed by atoms with Gasteiger partial charge in [-0.15, -0.1) is 0 Å². The molecule has 1 aliphatic rings. The number of hydrogen-bond acceptors (Lipinski definition) is 6. The third-order valence-corrected chi connectivity index (χ3v) is 10.2. The number of esters is 1. The van der Waals surface area contributed by atoms with Crippen molar-refractivity contribution in [1.82, 2.24) is 9.55 Å². The lowest BCUT2D eigenvalue weighted by atomic mass is 9.76. The molecule has 0 radical (unpaired) electrons. The van der Waals surface area contributed by atoms with Crippen LogP contribution >= 0.6 is 11.8 Å². The molecule has 1 N–H and O–H groups in total. The maximum absolute atomic E-state index is 14.7. The van der Waals surface area contributed by atoms with E-state index in [1.54, 1.807) is 19.1 Å². The Bertz CT molecular complexity index is 1690. The number of carbonyl (C=O) groups is 3. The van der Waals surface area contributed by atoms with Crippen LogP contribution in [-0.2, 0) is 14.3 Å². The lowest BCUT2D eigenvalue weighted by molar-refractivity contribution is -0.144. The molecular formula is C39H47N3O5S. The van der Waals surface area contributed by atoms with Gasteiger partial charge in [-0.1, -0.05) is 94.3 Å². The predicted octanol–water partition coefficient (Wildman–Crippen LogP) is 8.76. The van der Waals surface area contributed by atoms with Crippen LogP contribution in [0.4, 0.5) is 5.69 Å². The van der Waals surface area contributed by atoms with Gasteiger partial charge in [-0.2, -0.15) is 0 Å². The fraction of sp³-hybridized carbons (Fsp3) is 0.436. The van der Waals surface area contributed by atoms with E-state index in [1.165, 1.54) is 18.2 Å². The Labute approximate surface area is 287 Å². The summed E-state index contributed by atoms with van der Waals surface area (Å²) in [6.45, 7) is 8.32. The summed E-state index contributed by atoms with van der Waals surface area (Å²) in [4.78, 5) is 46.4. The number of carboxylic acid groups (broad SMARTS) is 1. The molecule has 1 fully saturated rings. The van der Waals surface area contributed by atoms with Crippen molar-refractivity contribution in [1.29, 1.82) is 0 Å². The van der Waals surface area contributed by atoms with Crippen molar-refractivity contribution >= 4 is 46.3 Å². The maximum atomic E-state index is 14.7. The second-order valence-electron chi connectivity index (χ2n) is 13.6. The van der Waals surface area contributed by atoms with Crippen LogP contribution in [0.5, 0.6) is 0 Å². The fourth-order valence-electron chi connectivity index (χ4n) is 6.90. The molecular weight excluding hydrogens is 623 g/mol. The Kier molecular flexibility index (Phi) is 11.6. The molecule has 9 heteroatoms. The molecule has 0 bridgehead atoms. The van der Waals surface area contributed by atoms with Crippen molar-refractivity contribution in [3.8, 4) is 0 Å². The van der Waals surface area contributed by atoms with Gasteiger partial charge in [-0.25, -0.2) is 14.6 Å². The maximum Gasteiger partial charge on any atom is 0.338 e. The molecule has 0 spiro atoms. The first-order chi connectivity index (χ1) is 23.1. The van der Waals surface area contributed by atoms with Crippen molar-refractivity contribution in [3.63, 3.8) is 0 Å². The van der Waals surface area contributed by atoms with Gasteiger partial charge in [0.15, 0.2) is 5.16 Å². The summed E-state index contributed by atoms with van der Waals surface area (Å²) in [6, 6.07) is 24.1. The molecule has 4 aromatic rings. The van der Waals surface area contributed by atoms with Gasteiger partial charge in [-0.05, 0) is 79.5 Å². The van der Waals surface area contributed by atoms with Gasteiger partial charge in [0.1, 0.15) is 6.04 Å². The Morgan fingerprint density at radius 2 is 1.62 bits per heavy atom. The largest absolute Gasteiger partial charge is 0.480 e. The lowest BCUT2D eigenvalue weighted by Crippen LogP contribution is -2.39. The molecule has 2 atom stereocenters. The number of hydrogen-bond donors (Lipinski definition) is 1. The van der Waals surface area contributed by atoms with Crippen LogP contribution in [0.15, 0.2) is 84.0 Å². The van der Waals surface area contributed by atoms with Crippen molar-refractivity contribution < 1.29 is 24.2 Å². The van der Waals surface area contributed by atoms with Crippen LogP contribution in [0, 0.1) is 11.3 Å². The third kappa shape index (κ3) is 8.12. The summed E-state index contributed by atoms with van der Waals surface area (Å²) in [5, 5.41) is 11.0. The van der Waals surface area contributed by atoms with E-state index in [9.17, 15) is 19.5 Å². The average Bonchev–Trinajstić information content (AvgIpc) is 3.42. The number of ether oxygens (including phenoxy) is 1. The predicted molar refractivity (Wildman–Crippen MR) is 192 cm³/mol. The first-order valence-electron chi connectivity index (χ1n) is 17.1. The molecule has 1 aromatic heterocycles. The summed E-state index contributed by atoms with van der Waals surface area (Å²) in [5.41, 5.74) is 3.22. The quantitative estimate of drug-likeness (QED) is 0.0863. The number of imidazole rings is 1. The Morgan fingerprint density at radius 1 is 0.958 bits per heavy atom. The third-order valence-electron chi connectivity index (χ3n) is 9.14. The van der Waals surface area contributed by atoms with Crippen molar-refractivity contribution in [3.05, 3.63) is 90.0 Å². The van der Waals surface area contributed by atoms with E-state index >= 15 is 0 Å². The highest BCUT2D eigenvalue weighted by molar-refractivity contribution is 7.99. The van der Waals surface area contributed by atoms with Crippen LogP contribution in [0.3, 0.4) is 0 Å². The summed E-state index contributed by atoms with van der Waals surface area (Å²) < 4.78 is 7.04. The first kappa shape index (κ1) is 35.2. The van der Waals surface area contributed by atoms with Crippen LogP contribution in [-0.4, -0.2) is 51.4 Å². The summed E-state index contributed by atoms with van der Waals surface area (Å²) in [6.07, 6.45) is 6.14. The first-order valence-corrected chi connectivity index (χ1v) is 18.0. The van der Waals surface area contributed by atoms with Crippen molar-refractivity contribution in [2.24, 2.45) is 11.3 Å². The van der Waals surface area contributed by atoms with Crippen LogP contribution < -0.4 is 4.90 Å². The number of aromatic nitrogens is 2. The van der Waals surface area contributed by atoms with E-state index in [-0.39, 0.29) is 23.7 Å². The second kappa shape index (κ2) is 15.9. The van der Waals surface area contributed by atoms with Crippen LogP contribution in [0.2, 0.25) is 0 Å². The molecule has 1 aliphatic carbocycles. The van der Waals surface area contributed by atoms with E-state index in [0.29, 0.717) is 36.0 Å². The van der Waals surface area contributed by atoms with Gasteiger partial charge in [0, 0.05) is 18.0 Å².